The van der Waals surface area contributed by atoms with E-state index in [0.717, 1.165) is 12.3 Å². The number of epoxide rings is 1. The Morgan fingerprint density at radius 1 is 1.60 bits per heavy atom. The standard InChI is InChI=1S/C7H6FNO/c8-5-1-2-6(9-3-5)7-4-10-7/h1-3,7H,4H2. The van der Waals surface area contributed by atoms with Gasteiger partial charge < -0.3 is 4.74 Å². The van der Waals surface area contributed by atoms with E-state index in [1.54, 1.807) is 6.07 Å². The summed E-state index contributed by atoms with van der Waals surface area (Å²) in [6.45, 7) is 0.721. The zero-order valence-corrected chi connectivity index (χ0v) is 5.25. The Labute approximate surface area is 57.7 Å². The molecular weight excluding hydrogens is 133 g/mol. The maximum absolute atomic E-state index is 12.3. The van der Waals surface area contributed by atoms with Crippen LogP contribution in [0.3, 0.4) is 0 Å². The van der Waals surface area contributed by atoms with Crippen LogP contribution in [-0.4, -0.2) is 11.6 Å². The van der Waals surface area contributed by atoms with E-state index >= 15 is 0 Å². The van der Waals surface area contributed by atoms with Crippen LogP contribution in [0.25, 0.3) is 0 Å². The fraction of sp³-hybridized carbons (Fsp3) is 0.286. The summed E-state index contributed by atoms with van der Waals surface area (Å²) in [7, 11) is 0. The molecule has 3 heteroatoms. The summed E-state index contributed by atoms with van der Waals surface area (Å²) in [6, 6.07) is 3.04. The second-order valence-corrected chi connectivity index (χ2v) is 2.22. The van der Waals surface area contributed by atoms with Gasteiger partial charge >= 0.3 is 0 Å². The number of nitrogens with zero attached hydrogens (tertiary/aromatic N) is 1. The van der Waals surface area contributed by atoms with Gasteiger partial charge in [0.25, 0.3) is 0 Å². The zero-order chi connectivity index (χ0) is 6.97. The Morgan fingerprint density at radius 3 is 2.90 bits per heavy atom. The molecule has 10 heavy (non-hydrogen) atoms. The highest BCUT2D eigenvalue weighted by atomic mass is 19.1. The van der Waals surface area contributed by atoms with Gasteiger partial charge in [0.1, 0.15) is 11.9 Å². The molecule has 52 valence electrons. The number of ether oxygens (including phenoxy) is 1. The third-order valence-electron chi connectivity index (χ3n) is 1.41. The molecule has 0 radical (unpaired) electrons. The van der Waals surface area contributed by atoms with Crippen LogP contribution in [0, 0.1) is 5.82 Å². The van der Waals surface area contributed by atoms with Gasteiger partial charge in [-0.05, 0) is 12.1 Å². The maximum atomic E-state index is 12.3. The molecule has 0 N–H and O–H groups in total. The van der Waals surface area contributed by atoms with Crippen molar-refractivity contribution in [3.63, 3.8) is 0 Å². The van der Waals surface area contributed by atoms with Crippen LogP contribution in [-0.2, 0) is 4.74 Å². The monoisotopic (exact) mass is 139 g/mol. The van der Waals surface area contributed by atoms with Crippen molar-refractivity contribution in [3.05, 3.63) is 29.8 Å². The predicted molar refractivity (Wildman–Crippen MR) is 32.9 cm³/mol. The van der Waals surface area contributed by atoms with Gasteiger partial charge in [0, 0.05) is 0 Å². The zero-order valence-electron chi connectivity index (χ0n) is 5.25. The molecule has 2 nitrogen and oxygen atoms in total. The molecule has 1 unspecified atom stereocenters. The Kier molecular flexibility index (Phi) is 1.17. The fourth-order valence-electron chi connectivity index (χ4n) is 0.797. The van der Waals surface area contributed by atoms with E-state index in [0.29, 0.717) is 0 Å². The first-order chi connectivity index (χ1) is 4.86. The predicted octanol–water partition coefficient (Wildman–Crippen LogP) is 1.29. The van der Waals surface area contributed by atoms with E-state index in [1.165, 1.54) is 12.3 Å². The van der Waals surface area contributed by atoms with E-state index in [2.05, 4.69) is 4.98 Å². The molecule has 0 amide bonds. The molecular formula is C7H6FNO. The summed E-state index contributed by atoms with van der Waals surface area (Å²) in [5.74, 6) is -0.301. The quantitative estimate of drug-likeness (QED) is 0.548. The van der Waals surface area contributed by atoms with Crippen molar-refractivity contribution in [2.75, 3.05) is 6.61 Å². The van der Waals surface area contributed by atoms with Crippen molar-refractivity contribution in [3.8, 4) is 0 Å². The molecule has 2 rings (SSSR count). The van der Waals surface area contributed by atoms with Gasteiger partial charge in [-0.15, -0.1) is 0 Å². The van der Waals surface area contributed by atoms with E-state index in [9.17, 15) is 4.39 Å². The lowest BCUT2D eigenvalue weighted by Gasteiger charge is -1.91. The molecule has 0 aromatic carbocycles. The van der Waals surface area contributed by atoms with Gasteiger partial charge in [-0.1, -0.05) is 0 Å². The summed E-state index contributed by atoms with van der Waals surface area (Å²) in [5, 5.41) is 0. The number of aromatic nitrogens is 1. The van der Waals surface area contributed by atoms with Gasteiger partial charge in [-0.25, -0.2) is 4.39 Å². The minimum Gasteiger partial charge on any atom is -0.366 e. The van der Waals surface area contributed by atoms with Crippen molar-refractivity contribution in [1.29, 1.82) is 0 Å². The van der Waals surface area contributed by atoms with Crippen molar-refractivity contribution >= 4 is 0 Å². The molecule has 2 heterocycles. The first-order valence-electron chi connectivity index (χ1n) is 3.09. The van der Waals surface area contributed by atoms with E-state index in [-0.39, 0.29) is 11.9 Å². The molecule has 1 aliphatic rings. The second kappa shape index (κ2) is 2.02. The number of hydrogen-bond donors (Lipinski definition) is 0. The molecule has 1 aliphatic heterocycles. The molecule has 0 saturated carbocycles. The largest absolute Gasteiger partial charge is 0.366 e. The van der Waals surface area contributed by atoms with Crippen molar-refractivity contribution < 1.29 is 9.13 Å². The lowest BCUT2D eigenvalue weighted by Crippen LogP contribution is -1.86. The topological polar surface area (TPSA) is 25.4 Å². The third kappa shape index (κ3) is 0.998. The van der Waals surface area contributed by atoms with Gasteiger partial charge in [0.2, 0.25) is 0 Å². The van der Waals surface area contributed by atoms with Crippen molar-refractivity contribution in [2.24, 2.45) is 0 Å². The fourth-order valence-corrected chi connectivity index (χ4v) is 0.797. The number of rotatable bonds is 1. The average molecular weight is 139 g/mol. The van der Waals surface area contributed by atoms with Gasteiger partial charge in [-0.3, -0.25) is 4.98 Å². The molecule has 1 fully saturated rings. The molecule has 0 spiro atoms. The van der Waals surface area contributed by atoms with Crippen LogP contribution in [0.2, 0.25) is 0 Å². The van der Waals surface area contributed by atoms with Crippen LogP contribution in [0.4, 0.5) is 4.39 Å². The molecule has 1 aromatic heterocycles. The van der Waals surface area contributed by atoms with E-state index in [1.807, 2.05) is 0 Å². The van der Waals surface area contributed by atoms with Gasteiger partial charge in [0.05, 0.1) is 18.5 Å². The minimum atomic E-state index is -0.301. The van der Waals surface area contributed by atoms with E-state index < -0.39 is 0 Å². The highest BCUT2D eigenvalue weighted by Crippen LogP contribution is 2.27. The summed E-state index contributed by atoms with van der Waals surface area (Å²) in [6.07, 6.45) is 1.33. The highest BCUT2D eigenvalue weighted by molar-refractivity contribution is 5.11. The average Bonchev–Trinajstić information content (AvgIpc) is 2.71. The summed E-state index contributed by atoms with van der Waals surface area (Å²) in [5.41, 5.74) is 0.821. The Bertz CT molecular complexity index is 230. The molecule has 1 atom stereocenters. The Balaban J connectivity index is 2.28. The van der Waals surface area contributed by atoms with Gasteiger partial charge in [0.15, 0.2) is 0 Å². The molecule has 1 saturated heterocycles. The van der Waals surface area contributed by atoms with Gasteiger partial charge in [-0.2, -0.15) is 0 Å². The smallest absolute Gasteiger partial charge is 0.141 e. The lowest BCUT2D eigenvalue weighted by molar-refractivity contribution is 0.411. The highest BCUT2D eigenvalue weighted by Gasteiger charge is 2.25. The number of hydrogen-bond acceptors (Lipinski definition) is 2. The Hall–Kier alpha value is -0.960. The third-order valence-corrected chi connectivity index (χ3v) is 1.41. The van der Waals surface area contributed by atoms with Crippen molar-refractivity contribution in [2.45, 2.75) is 6.10 Å². The summed E-state index contributed by atoms with van der Waals surface area (Å²) >= 11 is 0. The Morgan fingerprint density at radius 2 is 2.40 bits per heavy atom. The summed E-state index contributed by atoms with van der Waals surface area (Å²) in [4.78, 5) is 3.84. The van der Waals surface area contributed by atoms with Crippen molar-refractivity contribution in [1.82, 2.24) is 4.98 Å². The molecule has 1 aromatic rings. The van der Waals surface area contributed by atoms with Crippen LogP contribution < -0.4 is 0 Å². The van der Waals surface area contributed by atoms with E-state index in [4.69, 9.17) is 4.74 Å². The first-order valence-corrected chi connectivity index (χ1v) is 3.09. The minimum absolute atomic E-state index is 0.126. The van der Waals surface area contributed by atoms with Crippen LogP contribution in [0.5, 0.6) is 0 Å². The lowest BCUT2D eigenvalue weighted by atomic mass is 10.3. The first kappa shape index (κ1) is 5.80. The summed E-state index contributed by atoms with van der Waals surface area (Å²) < 4.78 is 17.2. The second-order valence-electron chi connectivity index (χ2n) is 2.22. The van der Waals surface area contributed by atoms with Crippen LogP contribution in [0.1, 0.15) is 11.8 Å². The van der Waals surface area contributed by atoms with Crippen LogP contribution in [0.15, 0.2) is 18.3 Å². The number of pyridine rings is 1. The molecule has 0 bridgehead atoms. The maximum Gasteiger partial charge on any atom is 0.141 e. The SMILES string of the molecule is Fc1ccc(C2CO2)nc1. The molecule has 0 aliphatic carbocycles. The number of halogens is 1. The van der Waals surface area contributed by atoms with Crippen LogP contribution >= 0.6 is 0 Å². The normalized spacial score (nSPS) is 22.7.